The van der Waals surface area contributed by atoms with E-state index in [1.165, 1.54) is 5.56 Å². The van der Waals surface area contributed by atoms with Crippen LogP contribution >= 0.6 is 15.4 Å². The molecule has 0 amide bonds. The summed E-state index contributed by atoms with van der Waals surface area (Å²) in [5, 5.41) is 4.81. The van der Waals surface area contributed by atoms with Gasteiger partial charge < -0.3 is 5.32 Å². The third kappa shape index (κ3) is 6.49. The molecular weight excluding hydrogens is 702 g/mol. The smallest absolute Gasteiger partial charge is 0.354 e. The molecule has 0 spiro atoms. The van der Waals surface area contributed by atoms with Gasteiger partial charge in [0.2, 0.25) is 5.30 Å². The lowest BCUT2D eigenvalue weighted by molar-refractivity contribution is 0.582. The van der Waals surface area contributed by atoms with Crippen LogP contribution in [0.5, 0.6) is 0 Å². The Bertz CT molecular complexity index is 2420. The van der Waals surface area contributed by atoms with Gasteiger partial charge in [0.1, 0.15) is 5.69 Å². The highest BCUT2D eigenvalue weighted by molar-refractivity contribution is 7.76. The molecule has 0 bridgehead atoms. The Morgan fingerprint density at radius 1 is 0.519 bits per heavy atom. The molecule has 7 aromatic rings. The molecule has 0 aromatic heterocycles. The Hall–Kier alpha value is -5.93. The van der Waals surface area contributed by atoms with E-state index in [4.69, 9.17) is 0 Å². The Labute approximate surface area is 318 Å². The van der Waals surface area contributed by atoms with Crippen LogP contribution in [-0.4, -0.2) is 0 Å². The first-order chi connectivity index (χ1) is 26.2. The molecule has 0 fully saturated rings. The predicted molar refractivity (Wildman–Crippen MR) is 228 cm³/mol. The highest BCUT2D eigenvalue weighted by Crippen LogP contribution is 2.69. The van der Waals surface area contributed by atoms with Crippen molar-refractivity contribution in [3.63, 3.8) is 0 Å². The maximum atomic E-state index is 16.2. The van der Waals surface area contributed by atoms with E-state index in [0.717, 1.165) is 62.2 Å². The zero-order valence-electron chi connectivity index (χ0n) is 30.7. The summed E-state index contributed by atoms with van der Waals surface area (Å²) >= 11 is 0. The van der Waals surface area contributed by atoms with Crippen LogP contribution in [0.25, 0.3) is 0 Å². The van der Waals surface area contributed by atoms with Gasteiger partial charge in [0.15, 0.2) is 0 Å². The zero-order valence-corrected chi connectivity index (χ0v) is 32.5. The molecule has 1 atom stereocenters. The maximum absolute atomic E-state index is 16.2. The highest BCUT2D eigenvalue weighted by Gasteiger charge is 2.49. The second-order valence-corrected chi connectivity index (χ2v) is 17.6. The van der Waals surface area contributed by atoms with Crippen LogP contribution in [0.15, 0.2) is 170 Å². The summed E-state index contributed by atoms with van der Waals surface area (Å²) in [7, 11) is -5.77. The summed E-state index contributed by atoms with van der Waals surface area (Å²) in [6, 6.07) is 56.1. The Morgan fingerprint density at radius 2 is 0.963 bits per heavy atom. The van der Waals surface area contributed by atoms with Gasteiger partial charge in [-0.05, 0) is 129 Å². The summed E-state index contributed by atoms with van der Waals surface area (Å²) in [5.74, 6) is 0. The maximum Gasteiger partial charge on any atom is 0.506 e. The van der Waals surface area contributed by atoms with Crippen molar-refractivity contribution < 1.29 is 9.13 Å². The molecule has 8 heteroatoms. The lowest BCUT2D eigenvalue weighted by Gasteiger charge is -2.33. The molecule has 7 aromatic carbocycles. The fourth-order valence-corrected chi connectivity index (χ4v) is 11.2. The van der Waals surface area contributed by atoms with E-state index in [0.29, 0.717) is 10.6 Å². The van der Waals surface area contributed by atoms with Crippen molar-refractivity contribution in [2.75, 3.05) is 19.3 Å². The van der Waals surface area contributed by atoms with Gasteiger partial charge in [-0.25, -0.2) is 0 Å². The molecule has 6 nitrogen and oxygen atoms in total. The van der Waals surface area contributed by atoms with Crippen LogP contribution in [0.4, 0.5) is 45.5 Å². The first-order valence-electron chi connectivity index (χ1n) is 18.0. The van der Waals surface area contributed by atoms with Crippen LogP contribution in [0, 0.1) is 27.7 Å². The quantitative estimate of drug-likeness (QED) is 0.149. The van der Waals surface area contributed by atoms with Crippen LogP contribution < -0.4 is 29.9 Å². The number of aryl methyl sites for hydroxylation is 4. The number of nitrogens with one attached hydrogen (secondary N) is 1. The molecule has 0 radical (unpaired) electrons. The van der Waals surface area contributed by atoms with Gasteiger partial charge in [-0.3, -0.25) is 13.9 Å². The Balaban J connectivity index is 1.23. The number of rotatable bonds is 9. The monoisotopic (exact) mass is 743 g/mol. The van der Waals surface area contributed by atoms with E-state index in [1.54, 1.807) is 0 Å². The summed E-state index contributed by atoms with van der Waals surface area (Å²) in [6.45, 7) is 8.21. The molecule has 1 unspecified atom stereocenters. The fourth-order valence-electron chi connectivity index (χ4n) is 6.87. The van der Waals surface area contributed by atoms with E-state index < -0.39 is 15.4 Å². The van der Waals surface area contributed by atoms with Gasteiger partial charge >= 0.3 is 15.4 Å². The minimum Gasteiger partial charge on any atom is -0.354 e. The Kier molecular flexibility index (Phi) is 9.42. The molecule has 266 valence electrons. The zero-order chi connectivity index (χ0) is 37.4. The van der Waals surface area contributed by atoms with E-state index in [1.807, 2.05) is 154 Å². The largest absolute Gasteiger partial charge is 0.506 e. The first-order valence-corrected chi connectivity index (χ1v) is 20.8. The molecule has 0 saturated carbocycles. The average Bonchev–Trinajstić information content (AvgIpc) is 3.46. The molecule has 0 aliphatic carbocycles. The Morgan fingerprint density at radius 3 is 1.48 bits per heavy atom. The lowest BCUT2D eigenvalue weighted by atomic mass is 10.2. The summed E-state index contributed by atoms with van der Waals surface area (Å²) in [6.07, 6.45) is 0. The van der Waals surface area contributed by atoms with Crippen LogP contribution in [-0.2, 0) is 9.13 Å². The van der Waals surface area contributed by atoms with Crippen LogP contribution in [0.3, 0.4) is 0 Å². The molecule has 1 heterocycles. The SMILES string of the molecule is Cc1ccc(Nc2ccccc2N(c2ccc(C)cc2)[P+](=O)c2ccc(P3(=O)N(c4ccc(C)cc4)c4ccccc4N3c3ccc(C)cc3)cc2)cc1. The van der Waals surface area contributed by atoms with Crippen molar-refractivity contribution in [1.82, 2.24) is 0 Å². The van der Waals surface area contributed by atoms with Crippen molar-refractivity contribution in [3.8, 4) is 0 Å². The molecule has 1 N–H and O–H groups in total. The molecule has 54 heavy (non-hydrogen) atoms. The van der Waals surface area contributed by atoms with Crippen molar-refractivity contribution in [2.45, 2.75) is 27.7 Å². The third-order valence-electron chi connectivity index (χ3n) is 9.77. The second-order valence-electron chi connectivity index (χ2n) is 13.8. The minimum absolute atomic E-state index is 0.617. The van der Waals surface area contributed by atoms with Crippen LogP contribution in [0.1, 0.15) is 22.3 Å². The van der Waals surface area contributed by atoms with Gasteiger partial charge in [-0.2, -0.15) is 0 Å². The number of anilines is 8. The number of benzene rings is 7. The topological polar surface area (TPSA) is 55.9 Å². The number of fused-ring (bicyclic) bond motifs is 1. The fraction of sp³-hybridized carbons (Fsp3) is 0.0870. The van der Waals surface area contributed by atoms with E-state index in [-0.39, 0.29) is 0 Å². The minimum atomic E-state index is -3.60. The van der Waals surface area contributed by atoms with Gasteiger partial charge in [0, 0.05) is 17.1 Å². The molecule has 1 aliphatic rings. The molecule has 0 saturated heterocycles. The van der Waals surface area contributed by atoms with Gasteiger partial charge in [0.05, 0.1) is 28.1 Å². The average molecular weight is 744 g/mol. The summed E-state index contributed by atoms with van der Waals surface area (Å²) in [4.78, 5) is 0. The molecule has 1 aliphatic heterocycles. The van der Waals surface area contributed by atoms with E-state index in [9.17, 15) is 4.57 Å². The number of nitrogens with zero attached hydrogens (tertiary/aromatic N) is 3. The van der Waals surface area contributed by atoms with Crippen molar-refractivity contribution in [3.05, 3.63) is 192 Å². The van der Waals surface area contributed by atoms with Crippen molar-refractivity contribution in [2.24, 2.45) is 0 Å². The van der Waals surface area contributed by atoms with Crippen molar-refractivity contribution in [1.29, 1.82) is 0 Å². The summed E-state index contributed by atoms with van der Waals surface area (Å²) in [5.41, 5.74) is 11.3. The predicted octanol–water partition coefficient (Wildman–Crippen LogP) is 12.7. The standard InChI is InChI=1S/C46H41N4O2P2/c1-33-13-21-37(22-14-33)47-43-9-5-6-10-44(43)48(38-23-15-34(2)16-24-38)53(51)41-29-31-42(32-30-41)54(52)49(39-25-17-35(3)18-26-39)45-11-7-8-12-46(45)50(54)40-27-19-36(4)20-28-40/h5-32,47H,1-4H3/q+1. The summed E-state index contributed by atoms with van der Waals surface area (Å²) < 4.78 is 37.0. The lowest BCUT2D eigenvalue weighted by Crippen LogP contribution is -2.27. The first kappa shape index (κ1) is 35.1. The normalized spacial score (nSPS) is 13.4. The van der Waals surface area contributed by atoms with E-state index in [2.05, 4.69) is 62.5 Å². The number of hydrogen-bond acceptors (Lipinski definition) is 3. The molecular formula is C46H41N4O2P2+. The van der Waals surface area contributed by atoms with Gasteiger partial charge in [-0.15, -0.1) is 4.67 Å². The van der Waals surface area contributed by atoms with E-state index >= 15 is 4.57 Å². The van der Waals surface area contributed by atoms with Crippen LogP contribution in [0.2, 0.25) is 0 Å². The third-order valence-corrected chi connectivity index (χ3v) is 14.3. The second kappa shape index (κ2) is 14.5. The van der Waals surface area contributed by atoms with Gasteiger partial charge in [0.25, 0.3) is 0 Å². The molecule has 8 rings (SSSR count). The number of para-hydroxylation sites is 4. The number of hydrogen-bond donors (Lipinski definition) is 1. The highest BCUT2D eigenvalue weighted by atomic mass is 31.2. The van der Waals surface area contributed by atoms with Crippen molar-refractivity contribution >= 4 is 71.5 Å². The van der Waals surface area contributed by atoms with Gasteiger partial charge in [-0.1, -0.05) is 95.1 Å².